The molecule has 0 saturated heterocycles. The van der Waals surface area contributed by atoms with Crippen molar-refractivity contribution in [3.63, 3.8) is 0 Å². The number of nitrogens with zero attached hydrogens (tertiary/aromatic N) is 2. The number of fused-ring (bicyclic) bond motifs is 1. The van der Waals surface area contributed by atoms with Gasteiger partial charge < -0.3 is 5.32 Å². The molecule has 0 aliphatic carbocycles. The number of aromatic nitrogens is 2. The fraction of sp³-hybridized carbons (Fsp3) is 0.267. The molecule has 1 atom stereocenters. The summed E-state index contributed by atoms with van der Waals surface area (Å²) in [5.74, 6) is 2.10. The monoisotopic (exact) mass is 303 g/mol. The maximum Gasteiger partial charge on any atom is 0.275 e. The number of halogens is 1. The summed E-state index contributed by atoms with van der Waals surface area (Å²) in [5.41, 5.74) is 0.329. The number of benzene rings is 1. The van der Waals surface area contributed by atoms with E-state index in [4.69, 9.17) is 18.0 Å². The summed E-state index contributed by atoms with van der Waals surface area (Å²) in [5, 5.41) is 7.48. The SMILES string of the molecule is C#CCn1nc(CNC(=O)C(C)Cl)c2ccccc2c1=O. The molecule has 0 aliphatic heterocycles. The van der Waals surface area contributed by atoms with E-state index in [0.717, 1.165) is 0 Å². The molecule has 1 aromatic carbocycles. The minimum Gasteiger partial charge on any atom is -0.349 e. The van der Waals surface area contributed by atoms with Crippen molar-refractivity contribution in [2.75, 3.05) is 0 Å². The highest BCUT2D eigenvalue weighted by atomic mass is 35.5. The van der Waals surface area contributed by atoms with Crippen molar-refractivity contribution in [2.45, 2.75) is 25.4 Å². The Morgan fingerprint density at radius 1 is 1.48 bits per heavy atom. The van der Waals surface area contributed by atoms with E-state index in [2.05, 4.69) is 16.3 Å². The summed E-state index contributed by atoms with van der Waals surface area (Å²) in [6, 6.07) is 7.08. The van der Waals surface area contributed by atoms with Crippen molar-refractivity contribution in [3.05, 3.63) is 40.3 Å². The summed E-state index contributed by atoms with van der Waals surface area (Å²) >= 11 is 5.70. The van der Waals surface area contributed by atoms with Gasteiger partial charge in [0.2, 0.25) is 5.91 Å². The van der Waals surface area contributed by atoms with Crippen molar-refractivity contribution in [1.82, 2.24) is 15.1 Å². The minimum atomic E-state index is -0.632. The van der Waals surface area contributed by atoms with Crippen LogP contribution < -0.4 is 10.9 Å². The van der Waals surface area contributed by atoms with E-state index in [9.17, 15) is 9.59 Å². The molecule has 0 saturated carbocycles. The zero-order valence-electron chi connectivity index (χ0n) is 11.5. The largest absolute Gasteiger partial charge is 0.349 e. The predicted molar refractivity (Wildman–Crippen MR) is 82.0 cm³/mol. The van der Waals surface area contributed by atoms with Gasteiger partial charge in [-0.05, 0) is 13.0 Å². The van der Waals surface area contributed by atoms with Gasteiger partial charge in [-0.1, -0.05) is 24.1 Å². The van der Waals surface area contributed by atoms with E-state index in [1.54, 1.807) is 25.1 Å². The maximum absolute atomic E-state index is 12.2. The first kappa shape index (κ1) is 15.1. The standard InChI is InChI=1S/C15H14ClN3O2/c1-3-8-19-15(21)12-7-5-4-6-11(12)13(18-19)9-17-14(20)10(2)16/h1,4-7,10H,8-9H2,2H3,(H,17,20). The third kappa shape index (κ3) is 3.23. The highest BCUT2D eigenvalue weighted by molar-refractivity contribution is 6.30. The summed E-state index contributed by atoms with van der Waals surface area (Å²) in [6.07, 6.45) is 5.25. The molecule has 1 unspecified atom stereocenters. The van der Waals surface area contributed by atoms with Crippen LogP contribution >= 0.6 is 11.6 Å². The predicted octanol–water partition coefficient (Wildman–Crippen LogP) is 1.27. The lowest BCUT2D eigenvalue weighted by Crippen LogP contribution is -2.31. The summed E-state index contributed by atoms with van der Waals surface area (Å²) < 4.78 is 1.22. The van der Waals surface area contributed by atoms with E-state index >= 15 is 0 Å². The fourth-order valence-electron chi connectivity index (χ4n) is 1.94. The summed E-state index contributed by atoms with van der Waals surface area (Å²) in [4.78, 5) is 23.8. The van der Waals surface area contributed by atoms with Gasteiger partial charge in [0.1, 0.15) is 11.9 Å². The second kappa shape index (κ2) is 6.42. The van der Waals surface area contributed by atoms with Crippen molar-refractivity contribution in [2.24, 2.45) is 0 Å². The molecular weight excluding hydrogens is 290 g/mol. The van der Waals surface area contributed by atoms with Gasteiger partial charge in [-0.25, -0.2) is 4.68 Å². The van der Waals surface area contributed by atoms with Crippen LogP contribution in [0, 0.1) is 12.3 Å². The molecule has 0 aliphatic rings. The summed E-state index contributed by atoms with van der Waals surface area (Å²) in [6.45, 7) is 1.85. The topological polar surface area (TPSA) is 64.0 Å². The number of carbonyl (C=O) groups excluding carboxylic acids is 1. The average molecular weight is 304 g/mol. The maximum atomic E-state index is 12.2. The lowest BCUT2D eigenvalue weighted by molar-refractivity contribution is -0.120. The average Bonchev–Trinajstić information content (AvgIpc) is 2.48. The van der Waals surface area contributed by atoms with Crippen molar-refractivity contribution in [1.29, 1.82) is 0 Å². The molecule has 1 heterocycles. The molecule has 2 rings (SSSR count). The van der Waals surface area contributed by atoms with Crippen LogP contribution in [0.4, 0.5) is 0 Å². The molecule has 21 heavy (non-hydrogen) atoms. The van der Waals surface area contributed by atoms with Crippen molar-refractivity contribution in [3.8, 4) is 12.3 Å². The normalized spacial score (nSPS) is 11.9. The van der Waals surface area contributed by atoms with E-state index in [0.29, 0.717) is 16.5 Å². The third-order valence-electron chi connectivity index (χ3n) is 2.98. The molecule has 0 bridgehead atoms. The lowest BCUT2D eigenvalue weighted by Gasteiger charge is -2.11. The lowest BCUT2D eigenvalue weighted by atomic mass is 10.1. The van der Waals surface area contributed by atoms with Crippen LogP contribution in [-0.4, -0.2) is 21.1 Å². The van der Waals surface area contributed by atoms with Crippen LogP contribution in [0.3, 0.4) is 0 Å². The number of nitrogens with one attached hydrogen (secondary N) is 1. The fourth-order valence-corrected chi connectivity index (χ4v) is 2.02. The van der Waals surface area contributed by atoms with Gasteiger partial charge in [0.05, 0.1) is 17.6 Å². The summed E-state index contributed by atoms with van der Waals surface area (Å²) in [7, 11) is 0. The Bertz CT molecular complexity index is 775. The van der Waals surface area contributed by atoms with Gasteiger partial charge in [-0.15, -0.1) is 18.0 Å². The smallest absolute Gasteiger partial charge is 0.275 e. The van der Waals surface area contributed by atoms with Crippen LogP contribution in [-0.2, 0) is 17.9 Å². The zero-order chi connectivity index (χ0) is 15.4. The minimum absolute atomic E-state index is 0.0799. The van der Waals surface area contributed by atoms with E-state index < -0.39 is 5.38 Å². The van der Waals surface area contributed by atoms with E-state index in [-0.39, 0.29) is 24.6 Å². The molecule has 1 N–H and O–H groups in total. The first-order valence-corrected chi connectivity index (χ1v) is 6.82. The number of terminal acetylenes is 1. The first-order chi connectivity index (χ1) is 10.0. The second-order valence-corrected chi connectivity index (χ2v) is 5.15. The van der Waals surface area contributed by atoms with E-state index in [1.165, 1.54) is 4.68 Å². The number of rotatable bonds is 4. The molecule has 5 nitrogen and oxygen atoms in total. The Hall–Kier alpha value is -2.32. The quantitative estimate of drug-likeness (QED) is 0.683. The van der Waals surface area contributed by atoms with Gasteiger partial charge in [0.25, 0.3) is 5.56 Å². The highest BCUT2D eigenvalue weighted by Crippen LogP contribution is 2.13. The van der Waals surface area contributed by atoms with Gasteiger partial charge in [-0.2, -0.15) is 5.10 Å². The van der Waals surface area contributed by atoms with Gasteiger partial charge in [0, 0.05) is 5.39 Å². The molecule has 1 amide bonds. The zero-order valence-corrected chi connectivity index (χ0v) is 12.2. The second-order valence-electron chi connectivity index (χ2n) is 4.49. The Balaban J connectivity index is 2.47. The molecule has 0 fully saturated rings. The van der Waals surface area contributed by atoms with Crippen LogP contribution in [0.2, 0.25) is 0 Å². The number of hydrogen-bond acceptors (Lipinski definition) is 3. The first-order valence-electron chi connectivity index (χ1n) is 6.38. The molecule has 108 valence electrons. The Morgan fingerprint density at radius 2 is 2.14 bits per heavy atom. The van der Waals surface area contributed by atoms with Crippen LogP contribution in [0.15, 0.2) is 29.1 Å². The number of hydrogen-bond donors (Lipinski definition) is 1. The Kier molecular flexibility index (Phi) is 4.61. The molecular formula is C15H14ClN3O2. The van der Waals surface area contributed by atoms with Crippen molar-refractivity contribution < 1.29 is 4.79 Å². The molecule has 6 heteroatoms. The Morgan fingerprint density at radius 3 is 2.76 bits per heavy atom. The molecule has 1 aromatic heterocycles. The van der Waals surface area contributed by atoms with Crippen LogP contribution in [0.5, 0.6) is 0 Å². The third-order valence-corrected chi connectivity index (χ3v) is 3.17. The number of alkyl halides is 1. The van der Waals surface area contributed by atoms with Gasteiger partial charge in [0.15, 0.2) is 0 Å². The molecule has 2 aromatic rings. The Labute approximate surface area is 126 Å². The highest BCUT2D eigenvalue weighted by Gasteiger charge is 2.13. The van der Waals surface area contributed by atoms with Crippen LogP contribution in [0.25, 0.3) is 10.8 Å². The molecule has 0 spiro atoms. The number of amides is 1. The van der Waals surface area contributed by atoms with Crippen molar-refractivity contribution >= 4 is 28.3 Å². The van der Waals surface area contributed by atoms with Crippen LogP contribution in [0.1, 0.15) is 12.6 Å². The van der Waals surface area contributed by atoms with Gasteiger partial charge >= 0.3 is 0 Å². The van der Waals surface area contributed by atoms with E-state index in [1.807, 2.05) is 6.07 Å². The molecule has 0 radical (unpaired) electrons. The number of carbonyl (C=O) groups is 1. The van der Waals surface area contributed by atoms with Gasteiger partial charge in [-0.3, -0.25) is 9.59 Å².